The van der Waals surface area contributed by atoms with E-state index in [-0.39, 0.29) is 17.4 Å². The first-order valence-electron chi connectivity index (χ1n) is 31.8. The Morgan fingerprint density at radius 3 is 1.24 bits per heavy atom. The van der Waals surface area contributed by atoms with Crippen LogP contribution in [0.1, 0.15) is 161 Å². The monoisotopic (exact) mass is 1170 g/mol. The van der Waals surface area contributed by atoms with Gasteiger partial charge in [-0.1, -0.05) is 125 Å². The first kappa shape index (κ1) is 56.8. The first-order chi connectivity index (χ1) is 42.8. The summed E-state index contributed by atoms with van der Waals surface area (Å²) in [4.78, 5) is 37.4. The predicted molar refractivity (Wildman–Crippen MR) is 353 cm³/mol. The summed E-state index contributed by atoms with van der Waals surface area (Å²) in [7, 11) is 4.38. The zero-order valence-corrected chi connectivity index (χ0v) is 51.7. The molecule has 2 spiro atoms. The third kappa shape index (κ3) is 9.02. The number of nitrogens with zero attached hydrogens (tertiary/aromatic N) is 4. The molecular weight excluding hydrogens is 1090 g/mol. The predicted octanol–water partition coefficient (Wildman–Crippen LogP) is 18.3. The molecule has 6 aliphatic rings. The van der Waals surface area contributed by atoms with Crippen LogP contribution in [0.3, 0.4) is 0 Å². The van der Waals surface area contributed by atoms with Crippen LogP contribution in [0.5, 0.6) is 23.0 Å². The van der Waals surface area contributed by atoms with Crippen LogP contribution >= 0.6 is 0 Å². The Balaban J connectivity index is 0.773. The molecule has 0 N–H and O–H groups in total. The van der Waals surface area contributed by atoms with Gasteiger partial charge in [0, 0.05) is 124 Å². The quantitative estimate of drug-likeness (QED) is 0.0731. The van der Waals surface area contributed by atoms with Gasteiger partial charge in [-0.05, 0) is 153 Å². The summed E-state index contributed by atoms with van der Waals surface area (Å²) in [5.74, 6) is 2.03. The molecule has 4 aliphatic heterocycles. The number of hydrogen-bond acceptors (Lipinski definition) is 10. The van der Waals surface area contributed by atoms with Crippen LogP contribution in [0.15, 0.2) is 183 Å². The number of hydrogen-bond donors (Lipinski definition) is 0. The summed E-state index contributed by atoms with van der Waals surface area (Å²) in [6, 6.07) is 55.7. The summed E-state index contributed by atoms with van der Waals surface area (Å²) in [5.41, 5.74) is 13.7. The number of rotatable bonds is 15. The number of aryl methyl sites for hydroxylation is 2. The number of carbonyl (C=O) groups excluding carboxylic acids is 2. The van der Waals surface area contributed by atoms with E-state index in [1.165, 1.54) is 75.3 Å². The Hall–Kier alpha value is -9.02. The Kier molecular flexibility index (Phi) is 14.4. The molecule has 2 fully saturated rings. The van der Waals surface area contributed by atoms with Crippen molar-refractivity contribution in [1.29, 1.82) is 0 Å². The van der Waals surface area contributed by atoms with Crippen molar-refractivity contribution < 1.29 is 28.5 Å². The van der Waals surface area contributed by atoms with E-state index in [9.17, 15) is 9.59 Å². The lowest BCUT2D eigenvalue weighted by Gasteiger charge is -2.39. The lowest BCUT2D eigenvalue weighted by Crippen LogP contribution is -2.35. The number of esters is 2. The smallest absolute Gasteiger partial charge is 0.340 e. The minimum atomic E-state index is -1.22. The summed E-state index contributed by atoms with van der Waals surface area (Å²) >= 11 is 0. The van der Waals surface area contributed by atoms with E-state index in [1.807, 2.05) is 60.7 Å². The molecule has 8 aromatic carbocycles. The van der Waals surface area contributed by atoms with E-state index >= 15 is 0 Å². The van der Waals surface area contributed by atoms with E-state index in [0.29, 0.717) is 59.3 Å². The third-order valence-corrected chi connectivity index (χ3v) is 20.6. The molecule has 8 aromatic rings. The highest BCUT2D eigenvalue weighted by Gasteiger charge is 2.56. The van der Waals surface area contributed by atoms with Crippen molar-refractivity contribution >= 4 is 46.1 Å². The molecule has 2 aliphatic carbocycles. The molecule has 2 saturated carbocycles. The summed E-state index contributed by atoms with van der Waals surface area (Å²) < 4.78 is 27.3. The van der Waals surface area contributed by atoms with Crippen LogP contribution in [0.25, 0.3) is 0 Å². The standard InChI is InChI=1S/C78H78N4O6/c1-9-42-81(68-48-66-70(44-50(68)4)85-72-46-58(79(7)54-22-14-12-15-23-54)38-40-64(72)77(66)62-28-20-18-26-60(62)74(83)87-77)56-34-30-52(31-35-56)76(6,11-3)53-32-36-57(37-33-53)82(43-10-2)69-49-67-71(45-51(69)5)86-73-47-59(80(8)55-24-16-13-17-25-55)39-41-65(73)78(67)63-29-21-19-27-61(63)75(84)88-78/h9-10,18-21,26-41,44-49,54-55H,1-2,11-17,22-25,42-43H2,3-8H3. The molecule has 2 unspecified atom stereocenters. The van der Waals surface area contributed by atoms with E-state index in [4.69, 9.17) is 18.9 Å². The van der Waals surface area contributed by atoms with Gasteiger partial charge in [-0.25, -0.2) is 9.59 Å². The molecule has 10 nitrogen and oxygen atoms in total. The van der Waals surface area contributed by atoms with Gasteiger partial charge < -0.3 is 38.5 Å². The first-order valence-corrected chi connectivity index (χ1v) is 31.8. The van der Waals surface area contributed by atoms with Gasteiger partial charge in [-0.2, -0.15) is 0 Å². The van der Waals surface area contributed by atoms with E-state index in [2.05, 4.69) is 184 Å². The molecule has 0 bridgehead atoms. The van der Waals surface area contributed by atoms with Crippen LogP contribution in [0.2, 0.25) is 0 Å². The molecule has 0 amide bonds. The van der Waals surface area contributed by atoms with Gasteiger partial charge in [0.2, 0.25) is 0 Å². The Morgan fingerprint density at radius 1 is 0.477 bits per heavy atom. The molecule has 4 heterocycles. The maximum atomic E-state index is 14.0. The van der Waals surface area contributed by atoms with Gasteiger partial charge in [0.25, 0.3) is 0 Å². The molecule has 446 valence electrons. The molecule has 10 heteroatoms. The Bertz CT molecular complexity index is 3830. The highest BCUT2D eigenvalue weighted by atomic mass is 16.6. The number of carbonyl (C=O) groups is 2. The fourth-order valence-electron chi connectivity index (χ4n) is 15.5. The van der Waals surface area contributed by atoms with Crippen LogP contribution in [-0.2, 0) is 26.1 Å². The van der Waals surface area contributed by atoms with Crippen molar-refractivity contribution in [2.45, 2.75) is 127 Å². The number of anilines is 6. The maximum Gasteiger partial charge on any atom is 0.340 e. The molecule has 88 heavy (non-hydrogen) atoms. The van der Waals surface area contributed by atoms with Crippen LogP contribution in [0.4, 0.5) is 34.1 Å². The average molecular weight is 1170 g/mol. The Morgan fingerprint density at radius 2 is 0.852 bits per heavy atom. The van der Waals surface area contributed by atoms with Crippen molar-refractivity contribution in [1.82, 2.24) is 0 Å². The fourth-order valence-corrected chi connectivity index (χ4v) is 15.5. The van der Waals surface area contributed by atoms with Gasteiger partial charge >= 0.3 is 11.9 Å². The summed E-state index contributed by atoms with van der Waals surface area (Å²) in [6.07, 6.45) is 17.0. The zero-order chi connectivity index (χ0) is 60.6. The van der Waals surface area contributed by atoms with Crippen molar-refractivity contribution in [2.75, 3.05) is 46.8 Å². The van der Waals surface area contributed by atoms with E-state index in [0.717, 1.165) is 85.1 Å². The second-order valence-corrected chi connectivity index (χ2v) is 25.5. The van der Waals surface area contributed by atoms with Crippen molar-refractivity contribution in [3.05, 3.63) is 250 Å². The van der Waals surface area contributed by atoms with Crippen LogP contribution in [-0.4, -0.2) is 51.2 Å². The molecule has 0 saturated heterocycles. The lowest BCUT2D eigenvalue weighted by molar-refractivity contribution is 0.0214. The number of ether oxygens (including phenoxy) is 4. The lowest BCUT2D eigenvalue weighted by atomic mass is 9.74. The van der Waals surface area contributed by atoms with E-state index < -0.39 is 11.2 Å². The number of benzene rings is 8. The van der Waals surface area contributed by atoms with Gasteiger partial charge in [-0.3, -0.25) is 0 Å². The molecular formula is C78H78N4O6. The van der Waals surface area contributed by atoms with Crippen molar-refractivity contribution in [2.24, 2.45) is 0 Å². The minimum Gasteiger partial charge on any atom is -0.456 e. The molecule has 2 atom stereocenters. The fraction of sp³-hybridized carbons (Fsp3) is 0.308. The molecule has 14 rings (SSSR count). The second-order valence-electron chi connectivity index (χ2n) is 25.5. The molecule has 0 aromatic heterocycles. The van der Waals surface area contributed by atoms with Crippen LogP contribution in [0, 0.1) is 13.8 Å². The highest BCUT2D eigenvalue weighted by Crippen LogP contribution is 2.60. The summed E-state index contributed by atoms with van der Waals surface area (Å²) in [6.45, 7) is 18.3. The van der Waals surface area contributed by atoms with E-state index in [1.54, 1.807) is 0 Å². The SMILES string of the molecule is C=CCN(c1ccc(C(C)(CC)c2ccc(N(CC=C)c3cc4c(cc3C)Oc3cc(N(C)C5CCCCC5)ccc3C43OC(=O)c4ccccc43)cc2)cc1)c1cc2c(cc1C)Oc1cc(N(C)C3CCCCC3)ccc1C21OC(=O)c2ccccc21. The summed E-state index contributed by atoms with van der Waals surface area (Å²) in [5, 5.41) is 0. The van der Waals surface area contributed by atoms with Gasteiger partial charge in [-0.15, -0.1) is 13.2 Å². The van der Waals surface area contributed by atoms with Crippen LogP contribution < -0.4 is 29.1 Å². The van der Waals surface area contributed by atoms with Gasteiger partial charge in [0.05, 0.1) is 11.1 Å². The number of fused-ring (bicyclic) bond motifs is 12. The second kappa shape index (κ2) is 22.3. The molecule has 0 radical (unpaired) electrons. The van der Waals surface area contributed by atoms with Gasteiger partial charge in [0.15, 0.2) is 11.2 Å². The normalized spacial score (nSPS) is 19.5. The van der Waals surface area contributed by atoms with Gasteiger partial charge in [0.1, 0.15) is 23.0 Å². The third-order valence-electron chi connectivity index (χ3n) is 20.6. The minimum absolute atomic E-state index is 0.336. The van der Waals surface area contributed by atoms with Crippen molar-refractivity contribution in [3.63, 3.8) is 0 Å². The zero-order valence-electron chi connectivity index (χ0n) is 51.7. The topological polar surface area (TPSA) is 84.0 Å². The average Bonchev–Trinajstić information content (AvgIpc) is 1.44. The largest absolute Gasteiger partial charge is 0.456 e. The maximum absolute atomic E-state index is 14.0. The van der Waals surface area contributed by atoms with Crippen molar-refractivity contribution in [3.8, 4) is 23.0 Å². The Labute approximate surface area is 518 Å². The highest BCUT2D eigenvalue weighted by molar-refractivity contribution is 5.98.